The second-order valence-corrected chi connectivity index (χ2v) is 32.9. The van der Waals surface area contributed by atoms with E-state index in [9.17, 15) is 0 Å². The van der Waals surface area contributed by atoms with Gasteiger partial charge in [0.05, 0.1) is 11.2 Å². The first-order chi connectivity index (χ1) is 45.9. The highest BCUT2D eigenvalue weighted by molar-refractivity contribution is 7.00. The summed E-state index contributed by atoms with van der Waals surface area (Å²) in [6.07, 6.45) is 6.58. The Hall–Kier alpha value is -9.32. The van der Waals surface area contributed by atoms with Crippen LogP contribution >= 0.6 is 0 Å². The Morgan fingerprint density at radius 3 is 1.44 bits per heavy atom. The van der Waals surface area contributed by atoms with Gasteiger partial charge in [-0.2, -0.15) is 0 Å². The molecular weight excluding hydrogens is 1160 g/mol. The first-order valence-electron chi connectivity index (χ1n) is 35.4. The lowest BCUT2D eigenvalue weighted by molar-refractivity contribution is 0.195. The normalized spacial score (nSPS) is 18.3. The van der Waals surface area contributed by atoms with E-state index in [1.165, 1.54) is 135 Å². The lowest BCUT2D eigenvalue weighted by atomic mass is 9.33. The van der Waals surface area contributed by atoms with Crippen LogP contribution in [0.3, 0.4) is 0 Å². The van der Waals surface area contributed by atoms with Crippen LogP contribution in [0.15, 0.2) is 243 Å². The molecule has 3 aliphatic heterocycles. The van der Waals surface area contributed by atoms with Crippen molar-refractivity contribution in [3.05, 3.63) is 276 Å². The van der Waals surface area contributed by atoms with Crippen molar-refractivity contribution in [1.29, 1.82) is 0 Å². The molecule has 2 unspecified atom stereocenters. The van der Waals surface area contributed by atoms with E-state index in [0.717, 1.165) is 49.2 Å². The lowest BCUT2D eigenvalue weighted by Gasteiger charge is -2.51. The van der Waals surface area contributed by atoms with Crippen molar-refractivity contribution in [2.75, 3.05) is 19.6 Å². The van der Waals surface area contributed by atoms with E-state index in [4.69, 9.17) is 0 Å². The van der Waals surface area contributed by atoms with Crippen LogP contribution in [0.5, 0.6) is 0 Å². The summed E-state index contributed by atoms with van der Waals surface area (Å²) in [4.78, 5) is 10.8. The van der Waals surface area contributed by atoms with Gasteiger partial charge >= 0.3 is 0 Å². The summed E-state index contributed by atoms with van der Waals surface area (Å²) < 4.78 is 0. The van der Waals surface area contributed by atoms with Gasteiger partial charge in [-0.25, -0.2) is 0 Å². The van der Waals surface area contributed by atoms with Crippen molar-refractivity contribution in [3.63, 3.8) is 0 Å². The molecule has 2 atom stereocenters. The van der Waals surface area contributed by atoms with Gasteiger partial charge in [-0.1, -0.05) is 248 Å². The Labute approximate surface area is 572 Å². The monoisotopic (exact) mass is 1250 g/mol. The molecule has 478 valence electrons. The van der Waals surface area contributed by atoms with Gasteiger partial charge in [0, 0.05) is 67.9 Å². The van der Waals surface area contributed by atoms with Gasteiger partial charge in [-0.15, -0.1) is 0 Å². The molecule has 0 saturated heterocycles. The van der Waals surface area contributed by atoms with Crippen molar-refractivity contribution in [2.24, 2.45) is 5.41 Å². The fourth-order valence-electron chi connectivity index (χ4n) is 17.4. The summed E-state index contributed by atoms with van der Waals surface area (Å²) in [5.41, 5.74) is 32.6. The van der Waals surface area contributed by atoms with Crippen LogP contribution in [0.1, 0.15) is 149 Å². The van der Waals surface area contributed by atoms with E-state index in [0.29, 0.717) is 0 Å². The standard InChI is InChI=1S/C91H91BN4/c1-86(2,3)67-34-41-70(42-35-67)93(71-43-36-68(37-44-71)87(4,5)6)73-45-48-80-76(55-73)90(12)49-23-24-50-91(90,13)96(80)74-56-83-85-84(57-74)95(79-47-38-69(88(7,8)9)54-75(79)63-29-21-16-22-30-63)82-53-66-59-89(10,11)58-65(66)52-78(82)92(85)77-51-64(61-27-19-15-20-28-61)33-46-81(77)94(83)72-39-31-62(32-40-72)60-25-17-14-18-26-60/h14-22,25-48,51-57H,23-24,49-50,58-59H2,1-13H3. The highest BCUT2D eigenvalue weighted by atomic mass is 15.3. The van der Waals surface area contributed by atoms with Crippen LogP contribution in [0.25, 0.3) is 33.4 Å². The summed E-state index contributed by atoms with van der Waals surface area (Å²) in [6.45, 7) is 31.0. The number of benzene rings is 11. The zero-order valence-corrected chi connectivity index (χ0v) is 58.7. The van der Waals surface area contributed by atoms with E-state index in [2.05, 4.69) is 352 Å². The molecule has 16 rings (SSSR count). The van der Waals surface area contributed by atoms with Crippen LogP contribution in [0.4, 0.5) is 62.6 Å². The number of hydrogen-bond donors (Lipinski definition) is 0. The van der Waals surface area contributed by atoms with Crippen molar-refractivity contribution in [3.8, 4) is 33.4 Å². The Morgan fingerprint density at radius 1 is 0.365 bits per heavy atom. The molecule has 0 spiro atoms. The van der Waals surface area contributed by atoms with E-state index >= 15 is 0 Å². The predicted octanol–water partition coefficient (Wildman–Crippen LogP) is 23.0. The molecule has 0 aromatic heterocycles. The molecule has 0 radical (unpaired) electrons. The number of anilines is 11. The van der Waals surface area contributed by atoms with Gasteiger partial charge in [0.15, 0.2) is 0 Å². The lowest BCUT2D eigenvalue weighted by Crippen LogP contribution is -2.61. The average molecular weight is 1250 g/mol. The van der Waals surface area contributed by atoms with Gasteiger partial charge in [-0.3, -0.25) is 0 Å². The molecule has 2 aliphatic carbocycles. The quantitative estimate of drug-likeness (QED) is 0.134. The Morgan fingerprint density at radius 2 is 0.844 bits per heavy atom. The second kappa shape index (κ2) is 22.4. The zero-order chi connectivity index (χ0) is 66.4. The van der Waals surface area contributed by atoms with Crippen molar-refractivity contribution < 1.29 is 0 Å². The molecule has 4 nitrogen and oxygen atoms in total. The molecule has 11 aromatic rings. The average Bonchev–Trinajstić information content (AvgIpc) is 1.27. The molecule has 5 heteroatoms. The number of fused-ring (bicyclic) bond motifs is 8. The third-order valence-corrected chi connectivity index (χ3v) is 22.8. The fraction of sp³-hybridized carbons (Fsp3) is 0.275. The summed E-state index contributed by atoms with van der Waals surface area (Å²) >= 11 is 0. The topological polar surface area (TPSA) is 13.0 Å². The first-order valence-corrected chi connectivity index (χ1v) is 35.4. The third kappa shape index (κ3) is 10.2. The van der Waals surface area contributed by atoms with E-state index in [1.807, 2.05) is 0 Å². The minimum absolute atomic E-state index is 0.0306. The van der Waals surface area contributed by atoms with Crippen LogP contribution in [-0.2, 0) is 34.5 Å². The Kier molecular flexibility index (Phi) is 14.4. The number of nitrogens with zero attached hydrogens (tertiary/aromatic N) is 4. The van der Waals surface area contributed by atoms with Gasteiger partial charge in [-0.05, 0) is 223 Å². The number of hydrogen-bond acceptors (Lipinski definition) is 4. The summed E-state index contributed by atoms with van der Waals surface area (Å²) in [5, 5.41) is 0. The Balaban J connectivity index is 0.986. The predicted molar refractivity (Wildman–Crippen MR) is 412 cm³/mol. The van der Waals surface area contributed by atoms with Crippen LogP contribution < -0.4 is 36.0 Å². The van der Waals surface area contributed by atoms with Crippen LogP contribution in [0, 0.1) is 5.41 Å². The van der Waals surface area contributed by atoms with E-state index < -0.39 is 0 Å². The SMILES string of the molecule is CC1(C)Cc2cc3c(cc2C1)N(c1ccc(C(C)(C)C)cc1-c1ccccc1)c1cc(N2c4ccc(N(c5ccc(C(C)(C)C)cc5)c5ccc(C(C)(C)C)cc5)cc4C4(C)CCCCC24C)cc2c1B3c1cc(-c3ccccc3)ccc1N2c1ccc(-c2ccccc2)cc1. The van der Waals surface area contributed by atoms with Crippen LogP contribution in [0.2, 0.25) is 0 Å². The van der Waals surface area contributed by atoms with Gasteiger partial charge in [0.1, 0.15) is 0 Å². The minimum atomic E-state index is -0.285. The molecule has 0 N–H and O–H groups in total. The van der Waals surface area contributed by atoms with Crippen molar-refractivity contribution >= 4 is 85.7 Å². The smallest absolute Gasteiger partial charge is 0.252 e. The molecule has 5 aliphatic rings. The van der Waals surface area contributed by atoms with E-state index in [-0.39, 0.29) is 39.3 Å². The van der Waals surface area contributed by atoms with Crippen molar-refractivity contribution in [2.45, 2.75) is 156 Å². The summed E-state index contributed by atoms with van der Waals surface area (Å²) in [7, 11) is 0. The van der Waals surface area contributed by atoms with Gasteiger partial charge in [0.25, 0.3) is 6.71 Å². The second-order valence-electron chi connectivity index (χ2n) is 32.9. The highest BCUT2D eigenvalue weighted by Gasteiger charge is 2.58. The molecule has 3 heterocycles. The molecule has 0 bridgehead atoms. The summed E-state index contributed by atoms with van der Waals surface area (Å²) in [5.74, 6) is 0. The summed E-state index contributed by atoms with van der Waals surface area (Å²) in [6, 6.07) is 94.2. The van der Waals surface area contributed by atoms with Gasteiger partial charge in [0.2, 0.25) is 0 Å². The maximum Gasteiger partial charge on any atom is 0.252 e. The van der Waals surface area contributed by atoms with Crippen molar-refractivity contribution in [1.82, 2.24) is 0 Å². The molecular formula is C91H91BN4. The third-order valence-electron chi connectivity index (χ3n) is 22.8. The maximum atomic E-state index is 2.85. The van der Waals surface area contributed by atoms with Gasteiger partial charge < -0.3 is 19.6 Å². The van der Waals surface area contributed by atoms with E-state index in [1.54, 1.807) is 0 Å². The first kappa shape index (κ1) is 61.6. The maximum absolute atomic E-state index is 2.85. The zero-order valence-electron chi connectivity index (χ0n) is 58.7. The highest BCUT2D eigenvalue weighted by Crippen LogP contribution is 2.63. The minimum Gasteiger partial charge on any atom is -0.334 e. The molecule has 11 aromatic carbocycles. The molecule has 1 saturated carbocycles. The largest absolute Gasteiger partial charge is 0.334 e. The number of rotatable bonds is 9. The molecule has 1 fully saturated rings. The Bertz CT molecular complexity index is 4760. The molecule has 96 heavy (non-hydrogen) atoms. The molecule has 0 amide bonds. The van der Waals surface area contributed by atoms with Crippen LogP contribution in [-0.4, -0.2) is 12.3 Å². The fourth-order valence-corrected chi connectivity index (χ4v) is 17.4.